The van der Waals surface area contributed by atoms with Gasteiger partial charge in [-0.1, -0.05) is 44.0 Å². The van der Waals surface area contributed by atoms with Gasteiger partial charge in [0.25, 0.3) is 0 Å². The molecule has 0 heterocycles. The molecule has 1 nitrogen and oxygen atoms in total. The van der Waals surface area contributed by atoms with Gasteiger partial charge in [-0.2, -0.15) is 0 Å². The lowest BCUT2D eigenvalue weighted by atomic mass is 9.73. The van der Waals surface area contributed by atoms with Crippen LogP contribution in [0.4, 0.5) is 0 Å². The summed E-state index contributed by atoms with van der Waals surface area (Å²) in [6.45, 7) is 2.26. The van der Waals surface area contributed by atoms with Crippen molar-refractivity contribution in [1.29, 1.82) is 0 Å². The third-order valence-electron chi connectivity index (χ3n) is 4.97. The van der Waals surface area contributed by atoms with Gasteiger partial charge < -0.3 is 5.11 Å². The Morgan fingerprint density at radius 1 is 1.17 bits per heavy atom. The van der Waals surface area contributed by atoms with E-state index in [4.69, 9.17) is 0 Å². The van der Waals surface area contributed by atoms with Crippen LogP contribution in [0.1, 0.15) is 68.9 Å². The zero-order valence-electron chi connectivity index (χ0n) is 11.4. The Bertz CT molecular complexity index is 421. The molecule has 0 saturated heterocycles. The van der Waals surface area contributed by atoms with Crippen LogP contribution in [0.15, 0.2) is 24.3 Å². The van der Waals surface area contributed by atoms with Gasteiger partial charge in [0.15, 0.2) is 0 Å². The predicted octanol–water partition coefficient (Wildman–Crippen LogP) is 4.35. The molecule has 1 aromatic rings. The van der Waals surface area contributed by atoms with Gasteiger partial charge in [-0.3, -0.25) is 0 Å². The molecule has 2 unspecified atom stereocenters. The minimum atomic E-state index is -0.558. The largest absolute Gasteiger partial charge is 0.385 e. The van der Waals surface area contributed by atoms with Crippen LogP contribution in [0.25, 0.3) is 0 Å². The fourth-order valence-electron chi connectivity index (χ4n) is 3.61. The standard InChI is InChI=1S/C17H24O/c1-13-5-4-10-17(18,12-13)16-9-3-8-15(11-16)14-6-2-7-14/h3,8-9,11,13-14,18H,2,4-7,10,12H2,1H3. The Morgan fingerprint density at radius 2 is 2.00 bits per heavy atom. The first-order valence-electron chi connectivity index (χ1n) is 7.50. The molecule has 0 aliphatic heterocycles. The zero-order valence-corrected chi connectivity index (χ0v) is 11.4. The third kappa shape index (κ3) is 2.21. The summed E-state index contributed by atoms with van der Waals surface area (Å²) >= 11 is 0. The van der Waals surface area contributed by atoms with Crippen molar-refractivity contribution in [3.63, 3.8) is 0 Å². The quantitative estimate of drug-likeness (QED) is 0.820. The highest BCUT2D eigenvalue weighted by Gasteiger charge is 2.34. The van der Waals surface area contributed by atoms with E-state index in [-0.39, 0.29) is 0 Å². The minimum Gasteiger partial charge on any atom is -0.385 e. The summed E-state index contributed by atoms with van der Waals surface area (Å²) in [7, 11) is 0. The maximum absolute atomic E-state index is 10.9. The van der Waals surface area contributed by atoms with Gasteiger partial charge >= 0.3 is 0 Å². The van der Waals surface area contributed by atoms with Crippen LogP contribution < -0.4 is 0 Å². The molecule has 2 atom stereocenters. The molecule has 1 aromatic carbocycles. The maximum atomic E-state index is 10.9. The van der Waals surface area contributed by atoms with E-state index < -0.39 is 5.60 Å². The molecule has 0 radical (unpaired) electrons. The Morgan fingerprint density at radius 3 is 2.67 bits per heavy atom. The summed E-state index contributed by atoms with van der Waals surface area (Å²) in [6, 6.07) is 8.78. The molecular formula is C17H24O. The SMILES string of the molecule is CC1CCCC(O)(c2cccc(C3CCC3)c2)C1. The Balaban J connectivity index is 1.86. The number of hydrogen-bond donors (Lipinski definition) is 1. The zero-order chi connectivity index (χ0) is 12.6. The Hall–Kier alpha value is -0.820. The fraction of sp³-hybridized carbons (Fsp3) is 0.647. The number of aliphatic hydroxyl groups is 1. The van der Waals surface area contributed by atoms with E-state index in [0.717, 1.165) is 25.2 Å². The van der Waals surface area contributed by atoms with Crippen LogP contribution in [0, 0.1) is 5.92 Å². The number of hydrogen-bond acceptors (Lipinski definition) is 1. The topological polar surface area (TPSA) is 20.2 Å². The van der Waals surface area contributed by atoms with Gasteiger partial charge in [-0.05, 0) is 55.1 Å². The summed E-state index contributed by atoms with van der Waals surface area (Å²) in [5.74, 6) is 1.41. The second-order valence-corrected chi connectivity index (χ2v) is 6.49. The highest BCUT2D eigenvalue weighted by Crippen LogP contribution is 2.42. The molecule has 18 heavy (non-hydrogen) atoms. The first-order valence-corrected chi connectivity index (χ1v) is 7.50. The molecule has 98 valence electrons. The normalized spacial score (nSPS) is 33.1. The van der Waals surface area contributed by atoms with E-state index in [9.17, 15) is 5.11 Å². The average molecular weight is 244 g/mol. The number of rotatable bonds is 2. The smallest absolute Gasteiger partial charge is 0.0899 e. The highest BCUT2D eigenvalue weighted by atomic mass is 16.3. The van der Waals surface area contributed by atoms with Crippen molar-refractivity contribution in [2.24, 2.45) is 5.92 Å². The van der Waals surface area contributed by atoms with Crippen LogP contribution in [0.3, 0.4) is 0 Å². The van der Waals surface area contributed by atoms with Crippen LogP contribution >= 0.6 is 0 Å². The summed E-state index contributed by atoms with van der Waals surface area (Å²) in [5, 5.41) is 10.9. The average Bonchev–Trinajstić information content (AvgIpc) is 2.27. The van der Waals surface area contributed by atoms with E-state index in [1.54, 1.807) is 0 Å². The predicted molar refractivity (Wildman–Crippen MR) is 74.6 cm³/mol. The lowest BCUT2D eigenvalue weighted by molar-refractivity contribution is -0.0179. The number of benzene rings is 1. The molecule has 0 spiro atoms. The molecule has 1 heteroatoms. The molecule has 1 N–H and O–H groups in total. The molecular weight excluding hydrogens is 220 g/mol. The van der Waals surface area contributed by atoms with E-state index in [1.807, 2.05) is 0 Å². The first kappa shape index (κ1) is 12.2. The van der Waals surface area contributed by atoms with Gasteiger partial charge in [-0.15, -0.1) is 0 Å². The summed E-state index contributed by atoms with van der Waals surface area (Å²) < 4.78 is 0. The minimum absolute atomic E-state index is 0.558. The van der Waals surface area contributed by atoms with Gasteiger partial charge in [0, 0.05) is 0 Å². The van der Waals surface area contributed by atoms with Gasteiger partial charge in [0.05, 0.1) is 5.60 Å². The van der Waals surface area contributed by atoms with Gasteiger partial charge in [0.2, 0.25) is 0 Å². The second-order valence-electron chi connectivity index (χ2n) is 6.49. The first-order chi connectivity index (χ1) is 8.67. The van der Waals surface area contributed by atoms with Crippen molar-refractivity contribution in [1.82, 2.24) is 0 Å². The third-order valence-corrected chi connectivity index (χ3v) is 4.97. The van der Waals surface area contributed by atoms with E-state index >= 15 is 0 Å². The summed E-state index contributed by atoms with van der Waals surface area (Å²) in [5.41, 5.74) is 2.06. The summed E-state index contributed by atoms with van der Waals surface area (Å²) in [6.07, 6.45) is 8.33. The molecule has 0 bridgehead atoms. The lowest BCUT2D eigenvalue weighted by Crippen LogP contribution is -2.32. The second kappa shape index (κ2) is 4.70. The van der Waals surface area contributed by atoms with Gasteiger partial charge in [-0.25, -0.2) is 0 Å². The van der Waals surface area contributed by atoms with Crippen molar-refractivity contribution in [2.75, 3.05) is 0 Å². The molecule has 2 aliphatic rings. The van der Waals surface area contributed by atoms with Crippen LogP contribution in [0.5, 0.6) is 0 Å². The van der Waals surface area contributed by atoms with Crippen molar-refractivity contribution in [3.05, 3.63) is 35.4 Å². The molecule has 0 aromatic heterocycles. The molecule has 2 aliphatic carbocycles. The van der Waals surface area contributed by atoms with E-state index in [1.165, 1.54) is 36.8 Å². The molecule has 2 fully saturated rings. The van der Waals surface area contributed by atoms with Crippen molar-refractivity contribution in [2.45, 2.75) is 63.4 Å². The van der Waals surface area contributed by atoms with E-state index in [2.05, 4.69) is 31.2 Å². The van der Waals surface area contributed by atoms with Crippen molar-refractivity contribution < 1.29 is 5.11 Å². The maximum Gasteiger partial charge on any atom is 0.0899 e. The van der Waals surface area contributed by atoms with Crippen molar-refractivity contribution >= 4 is 0 Å². The van der Waals surface area contributed by atoms with E-state index in [0.29, 0.717) is 5.92 Å². The van der Waals surface area contributed by atoms with Crippen LogP contribution in [-0.4, -0.2) is 5.11 Å². The van der Waals surface area contributed by atoms with Crippen molar-refractivity contribution in [3.8, 4) is 0 Å². The lowest BCUT2D eigenvalue weighted by Gasteiger charge is -2.37. The highest BCUT2D eigenvalue weighted by molar-refractivity contribution is 5.31. The molecule has 2 saturated carbocycles. The molecule has 0 amide bonds. The van der Waals surface area contributed by atoms with Gasteiger partial charge in [0.1, 0.15) is 0 Å². The summed E-state index contributed by atoms with van der Waals surface area (Å²) in [4.78, 5) is 0. The molecule has 3 rings (SSSR count). The monoisotopic (exact) mass is 244 g/mol. The van der Waals surface area contributed by atoms with Crippen LogP contribution in [0.2, 0.25) is 0 Å². The Labute approximate surface area is 110 Å². The Kier molecular flexibility index (Phi) is 3.19. The van der Waals surface area contributed by atoms with Crippen LogP contribution in [-0.2, 0) is 5.60 Å². The fourth-order valence-corrected chi connectivity index (χ4v) is 3.61.